The number of nitrogens with one attached hydrogen (secondary N) is 1. The average molecular weight is 217 g/mol. The fourth-order valence-electron chi connectivity index (χ4n) is 1.30. The van der Waals surface area contributed by atoms with Crippen molar-refractivity contribution in [2.75, 3.05) is 19.8 Å². The lowest BCUT2D eigenvalue weighted by molar-refractivity contribution is -0.0318. The number of aliphatic hydroxyl groups excluding tert-OH is 1. The SMILES string of the molecule is CCNC(C)(CO)CCOC(C)(C)CC. The molecule has 0 saturated carbocycles. The molecular formula is C12H27NO2. The minimum absolute atomic E-state index is 0.0530. The molecule has 0 rings (SSSR count). The van der Waals surface area contributed by atoms with Crippen LogP contribution in [0.2, 0.25) is 0 Å². The van der Waals surface area contributed by atoms with Crippen molar-refractivity contribution in [3.63, 3.8) is 0 Å². The van der Waals surface area contributed by atoms with E-state index in [0.717, 1.165) is 19.4 Å². The van der Waals surface area contributed by atoms with Crippen LogP contribution in [0.4, 0.5) is 0 Å². The van der Waals surface area contributed by atoms with E-state index in [9.17, 15) is 5.11 Å². The van der Waals surface area contributed by atoms with E-state index < -0.39 is 0 Å². The smallest absolute Gasteiger partial charge is 0.0623 e. The lowest BCUT2D eigenvalue weighted by Gasteiger charge is -2.31. The summed E-state index contributed by atoms with van der Waals surface area (Å²) in [7, 11) is 0. The Morgan fingerprint density at radius 1 is 1.20 bits per heavy atom. The molecule has 1 atom stereocenters. The first-order chi connectivity index (χ1) is 6.89. The van der Waals surface area contributed by atoms with Crippen LogP contribution in [0.25, 0.3) is 0 Å². The fraction of sp³-hybridized carbons (Fsp3) is 1.00. The minimum Gasteiger partial charge on any atom is -0.394 e. The standard InChI is InChI=1S/C12H27NO2/c1-6-11(3,4)15-9-8-12(5,10-14)13-7-2/h13-14H,6-10H2,1-5H3. The van der Waals surface area contributed by atoms with Gasteiger partial charge in [0.05, 0.1) is 12.2 Å². The summed E-state index contributed by atoms with van der Waals surface area (Å²) in [5, 5.41) is 12.6. The molecule has 0 aliphatic carbocycles. The number of aliphatic hydroxyl groups is 1. The minimum atomic E-state index is -0.210. The average Bonchev–Trinajstić information content (AvgIpc) is 2.18. The highest BCUT2D eigenvalue weighted by molar-refractivity contribution is 4.81. The summed E-state index contributed by atoms with van der Waals surface area (Å²) in [5.74, 6) is 0. The van der Waals surface area contributed by atoms with Crippen LogP contribution >= 0.6 is 0 Å². The van der Waals surface area contributed by atoms with Crippen molar-refractivity contribution in [1.82, 2.24) is 5.32 Å². The molecule has 0 spiro atoms. The van der Waals surface area contributed by atoms with E-state index in [2.05, 4.69) is 26.1 Å². The van der Waals surface area contributed by atoms with Crippen molar-refractivity contribution >= 4 is 0 Å². The van der Waals surface area contributed by atoms with Gasteiger partial charge in [0.1, 0.15) is 0 Å². The maximum Gasteiger partial charge on any atom is 0.0623 e. The number of rotatable bonds is 8. The maximum absolute atomic E-state index is 9.28. The molecule has 0 aliphatic rings. The maximum atomic E-state index is 9.28. The molecule has 1 unspecified atom stereocenters. The first-order valence-corrected chi connectivity index (χ1v) is 5.89. The Morgan fingerprint density at radius 2 is 1.80 bits per heavy atom. The van der Waals surface area contributed by atoms with Crippen LogP contribution in [0.3, 0.4) is 0 Å². The van der Waals surface area contributed by atoms with E-state index in [0.29, 0.717) is 6.61 Å². The first-order valence-electron chi connectivity index (χ1n) is 5.89. The van der Waals surface area contributed by atoms with E-state index in [1.54, 1.807) is 0 Å². The lowest BCUT2D eigenvalue weighted by Crippen LogP contribution is -2.46. The van der Waals surface area contributed by atoms with Crippen LogP contribution in [0.15, 0.2) is 0 Å². The van der Waals surface area contributed by atoms with Crippen molar-refractivity contribution in [3.8, 4) is 0 Å². The van der Waals surface area contributed by atoms with Gasteiger partial charge in [0.2, 0.25) is 0 Å². The van der Waals surface area contributed by atoms with Gasteiger partial charge in [-0.15, -0.1) is 0 Å². The highest BCUT2D eigenvalue weighted by atomic mass is 16.5. The third kappa shape index (κ3) is 6.13. The highest BCUT2D eigenvalue weighted by Gasteiger charge is 2.23. The Kier molecular flexibility index (Phi) is 6.41. The molecule has 15 heavy (non-hydrogen) atoms. The Balaban J connectivity index is 3.91. The highest BCUT2D eigenvalue weighted by Crippen LogP contribution is 2.16. The number of ether oxygens (including phenoxy) is 1. The molecule has 0 fully saturated rings. The van der Waals surface area contributed by atoms with Gasteiger partial charge in [0, 0.05) is 12.1 Å². The van der Waals surface area contributed by atoms with Gasteiger partial charge < -0.3 is 15.2 Å². The van der Waals surface area contributed by atoms with E-state index >= 15 is 0 Å². The second kappa shape index (κ2) is 6.46. The zero-order valence-corrected chi connectivity index (χ0v) is 10.9. The molecule has 0 radical (unpaired) electrons. The van der Waals surface area contributed by atoms with Crippen molar-refractivity contribution in [2.45, 2.75) is 58.6 Å². The second-order valence-electron chi connectivity index (χ2n) is 4.96. The third-order valence-electron chi connectivity index (χ3n) is 2.95. The predicted molar refractivity (Wildman–Crippen MR) is 64.1 cm³/mol. The summed E-state index contributed by atoms with van der Waals surface area (Å²) in [5.41, 5.74) is -0.263. The Bertz CT molecular complexity index is 171. The number of hydrogen-bond donors (Lipinski definition) is 2. The molecule has 0 amide bonds. The van der Waals surface area contributed by atoms with Crippen LogP contribution in [0.5, 0.6) is 0 Å². The van der Waals surface area contributed by atoms with Crippen LogP contribution in [-0.4, -0.2) is 36.0 Å². The molecule has 0 aromatic carbocycles. The van der Waals surface area contributed by atoms with Gasteiger partial charge in [-0.05, 0) is 40.2 Å². The molecule has 3 nitrogen and oxygen atoms in total. The topological polar surface area (TPSA) is 41.5 Å². The zero-order valence-electron chi connectivity index (χ0n) is 10.9. The van der Waals surface area contributed by atoms with Gasteiger partial charge in [-0.2, -0.15) is 0 Å². The predicted octanol–water partition coefficient (Wildman–Crippen LogP) is 1.94. The van der Waals surface area contributed by atoms with Crippen LogP contribution in [0.1, 0.15) is 47.5 Å². The van der Waals surface area contributed by atoms with Gasteiger partial charge in [-0.1, -0.05) is 13.8 Å². The summed E-state index contributed by atoms with van der Waals surface area (Å²) < 4.78 is 5.77. The van der Waals surface area contributed by atoms with Crippen LogP contribution in [0, 0.1) is 0 Å². The molecule has 0 aliphatic heterocycles. The van der Waals surface area contributed by atoms with E-state index in [1.807, 2.05) is 13.8 Å². The summed E-state index contributed by atoms with van der Waals surface area (Å²) >= 11 is 0. The number of hydrogen-bond acceptors (Lipinski definition) is 3. The Labute approximate surface area is 94.2 Å². The molecular weight excluding hydrogens is 190 g/mol. The molecule has 0 heterocycles. The summed E-state index contributed by atoms with van der Waals surface area (Å²) in [6.07, 6.45) is 1.84. The monoisotopic (exact) mass is 217 g/mol. The summed E-state index contributed by atoms with van der Waals surface area (Å²) in [6.45, 7) is 12.1. The third-order valence-corrected chi connectivity index (χ3v) is 2.95. The molecule has 92 valence electrons. The normalized spacial score (nSPS) is 16.4. The van der Waals surface area contributed by atoms with E-state index in [1.165, 1.54) is 0 Å². The van der Waals surface area contributed by atoms with E-state index in [4.69, 9.17) is 4.74 Å². The van der Waals surface area contributed by atoms with Gasteiger partial charge in [-0.3, -0.25) is 0 Å². The van der Waals surface area contributed by atoms with Crippen molar-refractivity contribution in [1.29, 1.82) is 0 Å². The first kappa shape index (κ1) is 14.9. The second-order valence-corrected chi connectivity index (χ2v) is 4.96. The lowest BCUT2D eigenvalue weighted by atomic mass is 9.99. The fourth-order valence-corrected chi connectivity index (χ4v) is 1.30. The van der Waals surface area contributed by atoms with Crippen molar-refractivity contribution < 1.29 is 9.84 Å². The largest absolute Gasteiger partial charge is 0.394 e. The van der Waals surface area contributed by atoms with Crippen molar-refractivity contribution in [2.24, 2.45) is 0 Å². The van der Waals surface area contributed by atoms with Gasteiger partial charge in [0.15, 0.2) is 0 Å². The summed E-state index contributed by atoms with van der Waals surface area (Å²) in [4.78, 5) is 0. The van der Waals surface area contributed by atoms with Crippen LogP contribution in [-0.2, 0) is 4.74 Å². The van der Waals surface area contributed by atoms with E-state index in [-0.39, 0.29) is 17.7 Å². The number of likely N-dealkylation sites (N-methyl/N-ethyl adjacent to an activating group) is 1. The molecule has 2 N–H and O–H groups in total. The van der Waals surface area contributed by atoms with Crippen molar-refractivity contribution in [3.05, 3.63) is 0 Å². The quantitative estimate of drug-likeness (QED) is 0.653. The van der Waals surface area contributed by atoms with Crippen LogP contribution < -0.4 is 5.32 Å². The zero-order chi connectivity index (χ0) is 11.9. The molecule has 0 saturated heterocycles. The molecule has 3 heteroatoms. The van der Waals surface area contributed by atoms with Gasteiger partial charge in [-0.25, -0.2) is 0 Å². The summed E-state index contributed by atoms with van der Waals surface area (Å²) in [6, 6.07) is 0. The molecule has 0 aromatic rings. The Morgan fingerprint density at radius 3 is 2.20 bits per heavy atom. The molecule has 0 bridgehead atoms. The molecule has 0 aromatic heterocycles. The van der Waals surface area contributed by atoms with Gasteiger partial charge in [0.25, 0.3) is 0 Å². The Hall–Kier alpha value is -0.120. The van der Waals surface area contributed by atoms with Gasteiger partial charge >= 0.3 is 0 Å².